The molecule has 0 atom stereocenters. The minimum atomic E-state index is -0.831. The molecular formula is C14H13Cl2FN2O2. The van der Waals surface area contributed by atoms with Gasteiger partial charge in [-0.15, -0.1) is 0 Å². The second-order valence-electron chi connectivity index (χ2n) is 5.45. The van der Waals surface area contributed by atoms with Gasteiger partial charge in [0.25, 0.3) is 5.91 Å². The summed E-state index contributed by atoms with van der Waals surface area (Å²) in [7, 11) is 0. The van der Waals surface area contributed by atoms with E-state index in [1.54, 1.807) is 0 Å². The molecule has 1 aromatic rings. The molecule has 1 heterocycles. The van der Waals surface area contributed by atoms with Crippen LogP contribution >= 0.6 is 23.2 Å². The molecule has 2 aliphatic rings. The highest BCUT2D eigenvalue weighted by Gasteiger charge is 2.48. The molecule has 0 bridgehead atoms. The number of piperazine rings is 1. The molecule has 112 valence electrons. The predicted octanol–water partition coefficient (Wildman–Crippen LogP) is 2.91. The number of rotatable bonds is 1. The van der Waals surface area contributed by atoms with Crippen molar-refractivity contribution in [3.63, 3.8) is 0 Å². The van der Waals surface area contributed by atoms with Gasteiger partial charge in [0.2, 0.25) is 5.91 Å². The molecule has 7 heteroatoms. The summed E-state index contributed by atoms with van der Waals surface area (Å²) in [6.45, 7) is -0.112. The number of nitrogens with one attached hydrogen (secondary N) is 1. The Morgan fingerprint density at radius 3 is 2.29 bits per heavy atom. The maximum atomic E-state index is 13.5. The third-order valence-electron chi connectivity index (χ3n) is 4.07. The number of hydrogen-bond acceptors (Lipinski definition) is 2. The summed E-state index contributed by atoms with van der Waals surface area (Å²) in [4.78, 5) is 26.0. The number of carbonyl (C=O) groups excluding carboxylic acids is 2. The Kier molecular flexibility index (Phi) is 3.58. The summed E-state index contributed by atoms with van der Waals surface area (Å²) in [6, 6.07) is 2.64. The average Bonchev–Trinajstić information content (AvgIpc) is 2.89. The fraction of sp³-hybridized carbons (Fsp3) is 0.429. The van der Waals surface area contributed by atoms with Gasteiger partial charge in [-0.25, -0.2) is 4.39 Å². The second kappa shape index (κ2) is 5.14. The van der Waals surface area contributed by atoms with Gasteiger partial charge in [-0.1, -0.05) is 36.0 Å². The van der Waals surface area contributed by atoms with Crippen molar-refractivity contribution in [1.82, 2.24) is 5.32 Å². The molecule has 1 spiro atoms. The van der Waals surface area contributed by atoms with Crippen LogP contribution < -0.4 is 10.2 Å². The van der Waals surface area contributed by atoms with Crippen molar-refractivity contribution >= 4 is 40.7 Å². The van der Waals surface area contributed by atoms with Gasteiger partial charge in [-0.2, -0.15) is 0 Å². The van der Waals surface area contributed by atoms with Crippen LogP contribution in [-0.2, 0) is 9.59 Å². The van der Waals surface area contributed by atoms with Crippen LogP contribution in [0.15, 0.2) is 12.1 Å². The molecule has 2 amide bonds. The largest absolute Gasteiger partial charge is 0.340 e. The zero-order chi connectivity index (χ0) is 15.2. The van der Waals surface area contributed by atoms with Gasteiger partial charge in [0.15, 0.2) is 5.82 Å². The fourth-order valence-electron chi connectivity index (χ4n) is 3.06. The lowest BCUT2D eigenvalue weighted by atomic mass is 9.92. The van der Waals surface area contributed by atoms with Gasteiger partial charge >= 0.3 is 0 Å². The quantitative estimate of drug-likeness (QED) is 0.805. The molecule has 3 rings (SSSR count). The molecule has 1 saturated heterocycles. The van der Waals surface area contributed by atoms with E-state index in [0.717, 1.165) is 12.8 Å². The van der Waals surface area contributed by atoms with Crippen LogP contribution in [0.1, 0.15) is 25.7 Å². The molecule has 1 aliphatic heterocycles. The molecule has 2 fully saturated rings. The number of anilines is 1. The maximum absolute atomic E-state index is 13.5. The summed E-state index contributed by atoms with van der Waals surface area (Å²) in [5.74, 6) is -1.14. The van der Waals surface area contributed by atoms with Crippen molar-refractivity contribution in [2.24, 2.45) is 0 Å². The molecule has 1 aromatic carbocycles. The number of amides is 2. The Bertz CT molecular complexity index is 606. The van der Waals surface area contributed by atoms with Crippen LogP contribution in [0.3, 0.4) is 0 Å². The van der Waals surface area contributed by atoms with E-state index in [1.807, 2.05) is 0 Å². The molecule has 4 nitrogen and oxygen atoms in total. The molecular weight excluding hydrogens is 318 g/mol. The second-order valence-corrected chi connectivity index (χ2v) is 6.27. The molecule has 0 radical (unpaired) electrons. The van der Waals surface area contributed by atoms with Crippen molar-refractivity contribution in [2.45, 2.75) is 31.2 Å². The lowest BCUT2D eigenvalue weighted by molar-refractivity contribution is -0.135. The van der Waals surface area contributed by atoms with E-state index in [2.05, 4.69) is 5.32 Å². The van der Waals surface area contributed by atoms with Crippen LogP contribution in [0.25, 0.3) is 0 Å². The van der Waals surface area contributed by atoms with E-state index in [4.69, 9.17) is 23.2 Å². The third-order valence-corrected chi connectivity index (χ3v) is 4.62. The fourth-order valence-corrected chi connectivity index (χ4v) is 3.53. The molecule has 1 saturated carbocycles. The summed E-state index contributed by atoms with van der Waals surface area (Å²) in [5, 5.41) is 2.47. The highest BCUT2D eigenvalue weighted by molar-refractivity contribution is 6.35. The third kappa shape index (κ3) is 2.38. The summed E-state index contributed by atoms with van der Waals surface area (Å²) in [6.07, 6.45) is 3.03. The molecule has 1 N–H and O–H groups in total. The SMILES string of the molecule is O=C1CN(c2cc(Cl)c(F)c(Cl)c2)C(=O)C2(CCCC2)N1. The monoisotopic (exact) mass is 330 g/mol. The molecule has 0 unspecified atom stereocenters. The molecule has 0 aromatic heterocycles. The molecule has 1 aliphatic carbocycles. The van der Waals surface area contributed by atoms with Crippen molar-refractivity contribution in [1.29, 1.82) is 0 Å². The van der Waals surface area contributed by atoms with Crippen molar-refractivity contribution in [3.05, 3.63) is 28.0 Å². The van der Waals surface area contributed by atoms with Gasteiger partial charge in [-0.3, -0.25) is 9.59 Å². The van der Waals surface area contributed by atoms with Crippen LogP contribution in [0.5, 0.6) is 0 Å². The summed E-state index contributed by atoms with van der Waals surface area (Å²) >= 11 is 11.6. The van der Waals surface area contributed by atoms with Gasteiger partial charge in [0, 0.05) is 5.69 Å². The lowest BCUT2D eigenvalue weighted by Gasteiger charge is -2.39. The average molecular weight is 331 g/mol. The summed E-state index contributed by atoms with van der Waals surface area (Å²) < 4.78 is 13.5. The Hall–Kier alpha value is -1.33. The van der Waals surface area contributed by atoms with Gasteiger partial charge < -0.3 is 10.2 Å². The van der Waals surface area contributed by atoms with Crippen LogP contribution in [0.2, 0.25) is 10.0 Å². The lowest BCUT2D eigenvalue weighted by Crippen LogP contribution is -2.65. The number of carbonyl (C=O) groups is 2. The Morgan fingerprint density at radius 1 is 1.14 bits per heavy atom. The van der Waals surface area contributed by atoms with Crippen LogP contribution in [-0.4, -0.2) is 23.9 Å². The zero-order valence-corrected chi connectivity index (χ0v) is 12.6. The smallest absolute Gasteiger partial charge is 0.253 e. The number of halogens is 3. The van der Waals surface area contributed by atoms with E-state index in [1.165, 1.54) is 17.0 Å². The number of benzene rings is 1. The maximum Gasteiger partial charge on any atom is 0.253 e. The highest BCUT2D eigenvalue weighted by atomic mass is 35.5. The van der Waals surface area contributed by atoms with Gasteiger partial charge in [0.1, 0.15) is 12.1 Å². The Balaban J connectivity index is 2.01. The van der Waals surface area contributed by atoms with Crippen molar-refractivity contribution in [3.8, 4) is 0 Å². The summed E-state index contributed by atoms with van der Waals surface area (Å²) in [5.41, 5.74) is -0.486. The molecule has 21 heavy (non-hydrogen) atoms. The standard InChI is InChI=1S/C14H13Cl2FN2O2/c15-9-5-8(6-10(16)12(9)17)19-7-11(20)18-14(13(19)21)3-1-2-4-14/h5-6H,1-4,7H2,(H,18,20). The number of nitrogens with zero attached hydrogens (tertiary/aromatic N) is 1. The van der Waals surface area contributed by atoms with Crippen LogP contribution in [0.4, 0.5) is 10.1 Å². The Morgan fingerprint density at radius 2 is 1.71 bits per heavy atom. The first-order valence-corrected chi connectivity index (χ1v) is 7.46. The predicted molar refractivity (Wildman–Crippen MR) is 78.1 cm³/mol. The van der Waals surface area contributed by atoms with E-state index >= 15 is 0 Å². The zero-order valence-electron chi connectivity index (χ0n) is 11.1. The van der Waals surface area contributed by atoms with E-state index < -0.39 is 11.4 Å². The minimum absolute atomic E-state index is 0.112. The van der Waals surface area contributed by atoms with Crippen molar-refractivity contribution in [2.75, 3.05) is 11.4 Å². The van der Waals surface area contributed by atoms with Crippen LogP contribution in [0, 0.1) is 5.82 Å². The highest BCUT2D eigenvalue weighted by Crippen LogP contribution is 2.36. The van der Waals surface area contributed by atoms with E-state index in [9.17, 15) is 14.0 Å². The normalized spacial score (nSPS) is 21.0. The first-order chi connectivity index (χ1) is 9.93. The minimum Gasteiger partial charge on any atom is -0.340 e. The van der Waals surface area contributed by atoms with Crippen molar-refractivity contribution < 1.29 is 14.0 Å². The van der Waals surface area contributed by atoms with Gasteiger partial charge in [0.05, 0.1) is 10.0 Å². The van der Waals surface area contributed by atoms with Gasteiger partial charge in [-0.05, 0) is 25.0 Å². The first-order valence-electron chi connectivity index (χ1n) is 6.70. The van der Waals surface area contributed by atoms with E-state index in [-0.39, 0.29) is 28.4 Å². The van der Waals surface area contributed by atoms with E-state index in [0.29, 0.717) is 18.5 Å². The topological polar surface area (TPSA) is 49.4 Å². The first kappa shape index (κ1) is 14.6. The Labute approximate surface area is 131 Å². The number of hydrogen-bond donors (Lipinski definition) is 1.